The Hall–Kier alpha value is -1.23. The molecule has 0 aliphatic carbocycles. The van der Waals surface area contributed by atoms with E-state index in [0.29, 0.717) is 19.2 Å². The van der Waals surface area contributed by atoms with Gasteiger partial charge in [-0.2, -0.15) is 0 Å². The first kappa shape index (κ1) is 14.2. The Morgan fingerprint density at radius 3 is 2.95 bits per heavy atom. The summed E-state index contributed by atoms with van der Waals surface area (Å²) in [6.07, 6.45) is 0.664. The smallest absolute Gasteiger partial charge is 0.407 e. The van der Waals surface area contributed by atoms with Crippen LogP contribution in [-0.4, -0.2) is 25.3 Å². The summed E-state index contributed by atoms with van der Waals surface area (Å²) in [5.41, 5.74) is 2.39. The quantitative estimate of drug-likeness (QED) is 0.890. The van der Waals surface area contributed by atoms with Crippen LogP contribution in [0.15, 0.2) is 22.7 Å². The molecular formula is C14H19BrN2O2. The van der Waals surface area contributed by atoms with Crippen LogP contribution in [0.5, 0.6) is 0 Å². The number of anilines is 1. The number of benzene rings is 1. The highest BCUT2D eigenvalue weighted by atomic mass is 79.9. The van der Waals surface area contributed by atoms with E-state index in [0.717, 1.165) is 16.6 Å². The third kappa shape index (κ3) is 3.03. The molecule has 1 amide bonds. The molecule has 1 aliphatic heterocycles. The van der Waals surface area contributed by atoms with E-state index >= 15 is 0 Å². The molecule has 0 saturated carbocycles. The van der Waals surface area contributed by atoms with Gasteiger partial charge in [-0.25, -0.2) is 4.79 Å². The standard InChI is InChI=1S/C14H19BrN2O2/c1-3-12-10(8-16-14(18)19-4-2)9-6-5-7-11(15)13(9)17-12/h5-7,10,12,17H,3-4,8H2,1-2H3,(H,16,18)/t10?,12-/m0/s1. The molecule has 1 aromatic rings. The van der Waals surface area contributed by atoms with Crippen molar-refractivity contribution >= 4 is 27.7 Å². The molecule has 104 valence electrons. The predicted octanol–water partition coefficient (Wildman–Crippen LogP) is 3.48. The third-order valence-electron chi connectivity index (χ3n) is 3.44. The van der Waals surface area contributed by atoms with E-state index in [1.807, 2.05) is 12.1 Å². The Balaban J connectivity index is 2.11. The zero-order valence-electron chi connectivity index (χ0n) is 11.2. The first-order chi connectivity index (χ1) is 9.17. The third-order valence-corrected chi connectivity index (χ3v) is 4.10. The highest BCUT2D eigenvalue weighted by Crippen LogP contribution is 2.41. The van der Waals surface area contributed by atoms with Gasteiger partial charge in [-0.3, -0.25) is 0 Å². The molecule has 0 spiro atoms. The van der Waals surface area contributed by atoms with Crippen LogP contribution < -0.4 is 10.6 Å². The molecule has 1 aliphatic rings. The molecule has 1 aromatic carbocycles. The van der Waals surface area contributed by atoms with Crippen molar-refractivity contribution in [3.8, 4) is 0 Å². The molecule has 1 unspecified atom stereocenters. The largest absolute Gasteiger partial charge is 0.450 e. The van der Waals surface area contributed by atoms with Crippen molar-refractivity contribution in [1.29, 1.82) is 0 Å². The number of carbonyl (C=O) groups excluding carboxylic acids is 1. The molecule has 0 saturated heterocycles. The molecule has 2 N–H and O–H groups in total. The maximum atomic E-state index is 11.4. The number of ether oxygens (including phenoxy) is 1. The maximum absolute atomic E-state index is 11.4. The van der Waals surface area contributed by atoms with Gasteiger partial charge >= 0.3 is 6.09 Å². The van der Waals surface area contributed by atoms with Crippen LogP contribution in [0.25, 0.3) is 0 Å². The average molecular weight is 327 g/mol. The number of hydrogen-bond donors (Lipinski definition) is 2. The van der Waals surface area contributed by atoms with Gasteiger partial charge in [0.25, 0.3) is 0 Å². The van der Waals surface area contributed by atoms with Gasteiger partial charge < -0.3 is 15.4 Å². The number of nitrogens with one attached hydrogen (secondary N) is 2. The number of carbonyl (C=O) groups is 1. The highest BCUT2D eigenvalue weighted by Gasteiger charge is 2.32. The second-order valence-corrected chi connectivity index (χ2v) is 5.43. The van der Waals surface area contributed by atoms with Gasteiger partial charge in [0.15, 0.2) is 0 Å². The number of amides is 1. The van der Waals surface area contributed by atoms with E-state index in [9.17, 15) is 4.79 Å². The zero-order valence-corrected chi connectivity index (χ0v) is 12.8. The van der Waals surface area contributed by atoms with Crippen molar-refractivity contribution in [2.24, 2.45) is 0 Å². The number of fused-ring (bicyclic) bond motifs is 1. The Kier molecular flexibility index (Phi) is 4.69. The van der Waals surface area contributed by atoms with E-state index < -0.39 is 0 Å². The van der Waals surface area contributed by atoms with Gasteiger partial charge in [-0.15, -0.1) is 0 Å². The summed E-state index contributed by atoms with van der Waals surface area (Å²) in [6.45, 7) is 4.94. The van der Waals surface area contributed by atoms with Crippen molar-refractivity contribution < 1.29 is 9.53 Å². The lowest BCUT2D eigenvalue weighted by atomic mass is 9.93. The van der Waals surface area contributed by atoms with Gasteiger partial charge in [-0.05, 0) is 40.9 Å². The van der Waals surface area contributed by atoms with Crippen molar-refractivity contribution in [2.75, 3.05) is 18.5 Å². The monoisotopic (exact) mass is 326 g/mol. The molecule has 0 radical (unpaired) electrons. The topological polar surface area (TPSA) is 50.4 Å². The fourth-order valence-corrected chi connectivity index (χ4v) is 3.02. The molecule has 2 atom stereocenters. The summed E-state index contributed by atoms with van der Waals surface area (Å²) in [6, 6.07) is 6.51. The Morgan fingerprint density at radius 2 is 2.26 bits per heavy atom. The minimum absolute atomic E-state index is 0.280. The summed E-state index contributed by atoms with van der Waals surface area (Å²) >= 11 is 3.56. The number of halogens is 1. The fourth-order valence-electron chi connectivity index (χ4n) is 2.52. The molecule has 1 heterocycles. The van der Waals surface area contributed by atoms with Crippen LogP contribution in [0.2, 0.25) is 0 Å². The molecule has 4 nitrogen and oxygen atoms in total. The van der Waals surface area contributed by atoms with E-state index in [1.54, 1.807) is 6.92 Å². The first-order valence-electron chi connectivity index (χ1n) is 6.62. The summed E-state index contributed by atoms with van der Waals surface area (Å²) in [5.74, 6) is 0.280. The predicted molar refractivity (Wildman–Crippen MR) is 79.6 cm³/mol. The molecular weight excluding hydrogens is 308 g/mol. The number of rotatable bonds is 4. The lowest BCUT2D eigenvalue weighted by Gasteiger charge is -2.19. The van der Waals surface area contributed by atoms with Crippen LogP contribution in [0.1, 0.15) is 31.7 Å². The van der Waals surface area contributed by atoms with Crippen molar-refractivity contribution in [3.05, 3.63) is 28.2 Å². The molecule has 2 rings (SSSR count). The summed E-state index contributed by atoms with van der Waals surface area (Å²) in [5, 5.41) is 6.35. The van der Waals surface area contributed by atoms with Crippen LogP contribution in [0, 0.1) is 0 Å². The van der Waals surface area contributed by atoms with Crippen molar-refractivity contribution in [3.63, 3.8) is 0 Å². The number of alkyl carbamates (subject to hydrolysis) is 1. The van der Waals surface area contributed by atoms with Crippen LogP contribution in [-0.2, 0) is 4.74 Å². The van der Waals surface area contributed by atoms with Gasteiger partial charge in [0.1, 0.15) is 0 Å². The minimum Gasteiger partial charge on any atom is -0.450 e. The van der Waals surface area contributed by atoms with Crippen LogP contribution in [0.4, 0.5) is 10.5 Å². The van der Waals surface area contributed by atoms with E-state index in [-0.39, 0.29) is 12.0 Å². The normalized spacial score (nSPS) is 20.6. The Labute approximate surface area is 122 Å². The van der Waals surface area contributed by atoms with Crippen LogP contribution in [0.3, 0.4) is 0 Å². The number of hydrogen-bond acceptors (Lipinski definition) is 3. The summed E-state index contributed by atoms with van der Waals surface area (Å²) in [4.78, 5) is 11.4. The Bertz CT molecular complexity index is 465. The SMILES string of the molecule is CCOC(=O)NCC1c2cccc(Br)c2N[C@H]1CC. The maximum Gasteiger partial charge on any atom is 0.407 e. The van der Waals surface area contributed by atoms with Gasteiger partial charge in [0.2, 0.25) is 0 Å². The average Bonchev–Trinajstić information content (AvgIpc) is 2.76. The second-order valence-electron chi connectivity index (χ2n) is 4.57. The second kappa shape index (κ2) is 6.28. The van der Waals surface area contributed by atoms with Gasteiger partial charge in [-0.1, -0.05) is 19.1 Å². The van der Waals surface area contributed by atoms with Gasteiger partial charge in [0, 0.05) is 23.0 Å². The molecule has 0 aromatic heterocycles. The fraction of sp³-hybridized carbons (Fsp3) is 0.500. The van der Waals surface area contributed by atoms with E-state index in [4.69, 9.17) is 4.74 Å². The Morgan fingerprint density at radius 1 is 1.47 bits per heavy atom. The first-order valence-corrected chi connectivity index (χ1v) is 7.42. The molecule has 0 fully saturated rings. The van der Waals surface area contributed by atoms with E-state index in [2.05, 4.69) is 39.6 Å². The van der Waals surface area contributed by atoms with Crippen LogP contribution >= 0.6 is 15.9 Å². The lowest BCUT2D eigenvalue weighted by molar-refractivity contribution is 0.151. The molecule has 0 bridgehead atoms. The lowest BCUT2D eigenvalue weighted by Crippen LogP contribution is -2.33. The number of para-hydroxylation sites is 1. The minimum atomic E-state index is -0.346. The highest BCUT2D eigenvalue weighted by molar-refractivity contribution is 9.10. The molecule has 19 heavy (non-hydrogen) atoms. The summed E-state index contributed by atoms with van der Waals surface area (Å²) < 4.78 is 5.97. The zero-order chi connectivity index (χ0) is 13.8. The van der Waals surface area contributed by atoms with Gasteiger partial charge in [0.05, 0.1) is 12.3 Å². The van der Waals surface area contributed by atoms with E-state index in [1.165, 1.54) is 5.56 Å². The molecule has 5 heteroatoms. The van der Waals surface area contributed by atoms with Crippen molar-refractivity contribution in [2.45, 2.75) is 32.2 Å². The summed E-state index contributed by atoms with van der Waals surface area (Å²) in [7, 11) is 0. The van der Waals surface area contributed by atoms with Crippen molar-refractivity contribution in [1.82, 2.24) is 5.32 Å².